The Balaban J connectivity index is 1.66. The van der Waals surface area contributed by atoms with Crippen LogP contribution < -0.4 is 0 Å². The van der Waals surface area contributed by atoms with Gasteiger partial charge in [0.05, 0.1) is 0 Å². The summed E-state index contributed by atoms with van der Waals surface area (Å²) >= 11 is 0. The van der Waals surface area contributed by atoms with Crippen LogP contribution in [-0.4, -0.2) is 12.3 Å². The van der Waals surface area contributed by atoms with Gasteiger partial charge in [0, 0.05) is 12.3 Å². The molecule has 3 rings (SSSR count). The van der Waals surface area contributed by atoms with E-state index in [2.05, 4.69) is 24.3 Å². The number of hydrogen-bond donors (Lipinski definition) is 0. The largest absolute Gasteiger partial charge is 0.294 e. The van der Waals surface area contributed by atoms with Gasteiger partial charge in [-0.3, -0.25) is 4.99 Å². The Morgan fingerprint density at radius 1 is 0.783 bits per heavy atom. The second kappa shape index (κ2) is 8.85. The Hall–Kier alpha value is -0.850. The maximum atomic E-state index is 5.09. The quantitative estimate of drug-likeness (QED) is 0.481. The lowest BCUT2D eigenvalue weighted by Gasteiger charge is -2.44. The van der Waals surface area contributed by atoms with Gasteiger partial charge in [-0.1, -0.05) is 50.0 Å². The van der Waals surface area contributed by atoms with E-state index in [9.17, 15) is 0 Å². The smallest absolute Gasteiger partial charge is 0.0423 e. The van der Waals surface area contributed by atoms with Crippen LogP contribution in [0.25, 0.3) is 0 Å². The molecular weight excluding hydrogens is 278 g/mol. The average Bonchev–Trinajstić information content (AvgIpc) is 2.56. The van der Waals surface area contributed by atoms with E-state index in [4.69, 9.17) is 4.99 Å². The molecule has 0 aromatic rings. The molecule has 0 radical (unpaired) electrons. The van der Waals surface area contributed by atoms with Crippen molar-refractivity contribution in [3.8, 4) is 0 Å². The molecule has 128 valence electrons. The summed E-state index contributed by atoms with van der Waals surface area (Å²) in [5, 5.41) is 0. The van der Waals surface area contributed by atoms with Gasteiger partial charge in [-0.2, -0.15) is 0 Å². The van der Waals surface area contributed by atoms with E-state index in [-0.39, 0.29) is 0 Å². The zero-order valence-electron chi connectivity index (χ0n) is 14.9. The first-order valence-corrected chi connectivity index (χ1v) is 10.2. The van der Waals surface area contributed by atoms with E-state index >= 15 is 0 Å². The minimum absolute atomic E-state index is 0.698. The predicted octanol–water partition coefficient (Wildman–Crippen LogP) is 6.64. The van der Waals surface area contributed by atoms with Gasteiger partial charge in [0.15, 0.2) is 0 Å². The molecule has 3 aliphatic rings. The Kier molecular flexibility index (Phi) is 6.54. The molecular formula is C22H35N. The van der Waals surface area contributed by atoms with Gasteiger partial charge in [0.1, 0.15) is 0 Å². The zero-order valence-corrected chi connectivity index (χ0v) is 14.9. The number of rotatable bonds is 1. The maximum Gasteiger partial charge on any atom is 0.0423 e. The lowest BCUT2D eigenvalue weighted by Crippen LogP contribution is -2.34. The standard InChI is InChI=1S/C22H35N/c1-2-4-6-11-18-23-21(14-8-5-3-1)20-13-12-17-22(19-20)15-9-7-10-16-22/h3-6,20H,1-2,7-19H2/b5-3+,6-4+,23-21?. The summed E-state index contributed by atoms with van der Waals surface area (Å²) in [5.74, 6) is 0.794. The van der Waals surface area contributed by atoms with E-state index in [1.165, 1.54) is 83.5 Å². The zero-order chi connectivity index (χ0) is 15.8. The average molecular weight is 314 g/mol. The third-order valence-corrected chi connectivity index (χ3v) is 6.34. The van der Waals surface area contributed by atoms with Crippen molar-refractivity contribution < 1.29 is 0 Å². The Bertz CT molecular complexity index is 431. The molecule has 0 aromatic heterocycles. The van der Waals surface area contributed by atoms with E-state index in [1.807, 2.05) is 0 Å². The molecule has 0 N–H and O–H groups in total. The van der Waals surface area contributed by atoms with Gasteiger partial charge < -0.3 is 0 Å². The van der Waals surface area contributed by atoms with Crippen molar-refractivity contribution in [2.45, 2.75) is 89.9 Å². The fraction of sp³-hybridized carbons (Fsp3) is 0.773. The van der Waals surface area contributed by atoms with Crippen LogP contribution in [0.3, 0.4) is 0 Å². The van der Waals surface area contributed by atoms with Crippen molar-refractivity contribution in [1.82, 2.24) is 0 Å². The van der Waals surface area contributed by atoms with Crippen LogP contribution in [0.4, 0.5) is 0 Å². The first-order chi connectivity index (χ1) is 11.4. The van der Waals surface area contributed by atoms with Crippen molar-refractivity contribution in [3.05, 3.63) is 24.3 Å². The Labute approximate surface area is 143 Å². The van der Waals surface area contributed by atoms with E-state index < -0.39 is 0 Å². The summed E-state index contributed by atoms with van der Waals surface area (Å²) < 4.78 is 0. The van der Waals surface area contributed by atoms with Gasteiger partial charge in [-0.15, -0.1) is 0 Å². The summed E-state index contributed by atoms with van der Waals surface area (Å²) in [5.41, 5.74) is 2.26. The molecule has 1 nitrogen and oxygen atoms in total. The van der Waals surface area contributed by atoms with Crippen LogP contribution in [0.5, 0.6) is 0 Å². The van der Waals surface area contributed by atoms with Gasteiger partial charge >= 0.3 is 0 Å². The summed E-state index contributed by atoms with van der Waals surface area (Å²) in [4.78, 5) is 5.09. The molecule has 0 saturated heterocycles. The molecule has 1 heterocycles. The molecule has 2 aliphatic carbocycles. The molecule has 1 heteroatoms. The molecule has 0 amide bonds. The number of nitrogens with zero attached hydrogens (tertiary/aromatic N) is 1. The minimum atomic E-state index is 0.698. The first kappa shape index (κ1) is 17.0. The van der Waals surface area contributed by atoms with Crippen LogP contribution in [0.1, 0.15) is 89.9 Å². The molecule has 0 bridgehead atoms. The van der Waals surface area contributed by atoms with Gasteiger partial charge in [0.25, 0.3) is 0 Å². The van der Waals surface area contributed by atoms with Crippen LogP contribution >= 0.6 is 0 Å². The molecule has 1 aliphatic heterocycles. The van der Waals surface area contributed by atoms with Crippen LogP contribution in [0, 0.1) is 11.3 Å². The molecule has 23 heavy (non-hydrogen) atoms. The number of allylic oxidation sites excluding steroid dienone is 3. The highest BCUT2D eigenvalue weighted by molar-refractivity contribution is 5.87. The molecule has 1 unspecified atom stereocenters. The summed E-state index contributed by atoms with van der Waals surface area (Å²) in [6, 6.07) is 0. The highest BCUT2D eigenvalue weighted by Crippen LogP contribution is 2.49. The summed E-state index contributed by atoms with van der Waals surface area (Å²) in [7, 11) is 0. The lowest BCUT2D eigenvalue weighted by atomic mass is 9.61. The van der Waals surface area contributed by atoms with E-state index in [0.29, 0.717) is 5.41 Å². The van der Waals surface area contributed by atoms with E-state index in [1.54, 1.807) is 5.71 Å². The third-order valence-electron chi connectivity index (χ3n) is 6.34. The highest BCUT2D eigenvalue weighted by atomic mass is 14.7. The Morgan fingerprint density at radius 2 is 1.48 bits per heavy atom. The SMILES string of the molecule is C1=C/CCN=C(C2CCCC3(CCCCC3)C2)CC/C=C/CC/1. The van der Waals surface area contributed by atoms with E-state index in [0.717, 1.165) is 18.9 Å². The predicted molar refractivity (Wildman–Crippen MR) is 101 cm³/mol. The minimum Gasteiger partial charge on any atom is -0.294 e. The fourth-order valence-corrected chi connectivity index (χ4v) is 5.08. The van der Waals surface area contributed by atoms with Gasteiger partial charge in [-0.25, -0.2) is 0 Å². The first-order valence-electron chi connectivity index (χ1n) is 10.2. The van der Waals surface area contributed by atoms with Crippen LogP contribution in [0.2, 0.25) is 0 Å². The Morgan fingerprint density at radius 3 is 2.30 bits per heavy atom. The number of aliphatic imine (C=N–C) groups is 1. The van der Waals surface area contributed by atoms with Crippen molar-refractivity contribution in [2.24, 2.45) is 16.3 Å². The van der Waals surface area contributed by atoms with Gasteiger partial charge in [0.2, 0.25) is 0 Å². The van der Waals surface area contributed by atoms with Crippen molar-refractivity contribution >= 4 is 5.71 Å². The number of hydrogen-bond acceptors (Lipinski definition) is 1. The molecule has 0 aromatic carbocycles. The second-order valence-corrected chi connectivity index (χ2v) is 8.07. The topological polar surface area (TPSA) is 12.4 Å². The summed E-state index contributed by atoms with van der Waals surface area (Å²) in [6.07, 6.45) is 28.6. The molecule has 1 spiro atoms. The van der Waals surface area contributed by atoms with Crippen LogP contribution in [0.15, 0.2) is 29.3 Å². The van der Waals surface area contributed by atoms with Crippen LogP contribution in [-0.2, 0) is 0 Å². The normalized spacial score (nSPS) is 32.3. The highest BCUT2D eigenvalue weighted by Gasteiger charge is 2.38. The maximum absolute atomic E-state index is 5.09. The monoisotopic (exact) mass is 313 g/mol. The summed E-state index contributed by atoms with van der Waals surface area (Å²) in [6.45, 7) is 1.01. The second-order valence-electron chi connectivity index (χ2n) is 8.07. The third kappa shape index (κ3) is 5.06. The van der Waals surface area contributed by atoms with Crippen molar-refractivity contribution in [1.29, 1.82) is 0 Å². The molecule has 1 atom stereocenters. The van der Waals surface area contributed by atoms with Gasteiger partial charge in [-0.05, 0) is 75.5 Å². The van der Waals surface area contributed by atoms with Crippen molar-refractivity contribution in [3.63, 3.8) is 0 Å². The lowest BCUT2D eigenvalue weighted by molar-refractivity contribution is 0.107. The van der Waals surface area contributed by atoms with Crippen molar-refractivity contribution in [2.75, 3.05) is 6.54 Å². The fourth-order valence-electron chi connectivity index (χ4n) is 5.08. The molecule has 2 saturated carbocycles. The molecule has 2 fully saturated rings.